The van der Waals surface area contributed by atoms with Crippen molar-refractivity contribution in [1.82, 2.24) is 0 Å². The molecule has 0 saturated carbocycles. The van der Waals surface area contributed by atoms with Gasteiger partial charge in [-0.2, -0.15) is 0 Å². The highest BCUT2D eigenvalue weighted by molar-refractivity contribution is 4.40. The Hall–Kier alpha value is -0.520. The Morgan fingerprint density at radius 3 is 0.636 bits per heavy atom. The van der Waals surface area contributed by atoms with Crippen molar-refractivity contribution < 1.29 is 61.6 Å². The molecule has 13 heteroatoms. The number of hydrogen-bond donors (Lipinski definition) is 0. The second-order valence-corrected chi connectivity index (χ2v) is 9.62. The summed E-state index contributed by atoms with van der Waals surface area (Å²) in [5.74, 6) is 0. The summed E-state index contributed by atoms with van der Waals surface area (Å²) in [5, 5.41) is 0. The minimum atomic E-state index is 0.232. The lowest BCUT2D eigenvalue weighted by molar-refractivity contribution is -0.0298. The summed E-state index contributed by atoms with van der Waals surface area (Å²) in [5.41, 5.74) is 0. The van der Waals surface area contributed by atoms with Crippen molar-refractivity contribution in [1.29, 1.82) is 0 Å². The van der Waals surface area contributed by atoms with E-state index in [1.807, 2.05) is 13.8 Å². The number of unbranched alkanes of at least 4 members (excludes halogenated alkanes) is 1. The van der Waals surface area contributed by atoms with Crippen LogP contribution in [0.15, 0.2) is 0 Å². The van der Waals surface area contributed by atoms with Gasteiger partial charge in [0.25, 0.3) is 0 Å². The van der Waals surface area contributed by atoms with Gasteiger partial charge >= 0.3 is 0 Å². The van der Waals surface area contributed by atoms with Gasteiger partial charge in [-0.3, -0.25) is 0 Å². The van der Waals surface area contributed by atoms with Crippen molar-refractivity contribution in [3.63, 3.8) is 0 Å². The van der Waals surface area contributed by atoms with Crippen LogP contribution in [0.1, 0.15) is 33.6 Å². The van der Waals surface area contributed by atoms with E-state index in [1.54, 1.807) is 0 Å². The van der Waals surface area contributed by atoms with E-state index in [4.69, 9.17) is 61.6 Å². The van der Waals surface area contributed by atoms with E-state index in [0.29, 0.717) is 159 Å². The van der Waals surface area contributed by atoms with E-state index in [1.165, 1.54) is 0 Å². The second kappa shape index (κ2) is 40.5. The Morgan fingerprint density at radius 1 is 0.273 bits per heavy atom. The lowest BCUT2D eigenvalue weighted by atomic mass is 10.4. The van der Waals surface area contributed by atoms with Crippen LogP contribution < -0.4 is 0 Å². The summed E-state index contributed by atoms with van der Waals surface area (Å²) in [6.45, 7) is 20.0. The molecule has 0 aliphatic carbocycles. The van der Waals surface area contributed by atoms with Gasteiger partial charge in [-0.15, -0.1) is 0 Å². The van der Waals surface area contributed by atoms with Crippen molar-refractivity contribution in [2.45, 2.75) is 39.7 Å². The lowest BCUT2D eigenvalue weighted by Gasteiger charge is -2.09. The molecule has 0 spiro atoms. The first kappa shape index (κ1) is 43.5. The highest BCUT2D eigenvalue weighted by Gasteiger charge is 1.97. The molecule has 0 rings (SSSR count). The number of rotatable bonds is 40. The van der Waals surface area contributed by atoms with Gasteiger partial charge in [0.1, 0.15) is 0 Å². The minimum absolute atomic E-state index is 0.232. The minimum Gasteiger partial charge on any atom is -0.379 e. The van der Waals surface area contributed by atoms with Crippen LogP contribution in [0.25, 0.3) is 0 Å². The van der Waals surface area contributed by atoms with Crippen molar-refractivity contribution >= 4 is 0 Å². The molecule has 0 radical (unpaired) electrons. The number of ether oxygens (including phenoxy) is 13. The molecule has 44 heavy (non-hydrogen) atoms. The van der Waals surface area contributed by atoms with E-state index in [0.717, 1.165) is 19.4 Å². The summed E-state index contributed by atoms with van der Waals surface area (Å²) in [4.78, 5) is 0. The fourth-order valence-electron chi connectivity index (χ4n) is 3.11. The maximum Gasteiger partial charge on any atom is 0.0703 e. The van der Waals surface area contributed by atoms with Crippen LogP contribution in [0.2, 0.25) is 0 Å². The summed E-state index contributed by atoms with van der Waals surface area (Å²) in [6.07, 6.45) is 2.47. The molecule has 0 bridgehead atoms. The first-order chi connectivity index (χ1) is 21.8. The highest BCUT2D eigenvalue weighted by atomic mass is 16.6. The molecular weight excluding hydrogens is 580 g/mol. The average Bonchev–Trinajstić information content (AvgIpc) is 3.02. The van der Waals surface area contributed by atoms with E-state index < -0.39 is 0 Å². The Kier molecular flexibility index (Phi) is 40.0. The van der Waals surface area contributed by atoms with Crippen LogP contribution in [0, 0.1) is 0 Å². The highest BCUT2D eigenvalue weighted by Crippen LogP contribution is 1.90. The van der Waals surface area contributed by atoms with E-state index >= 15 is 0 Å². The van der Waals surface area contributed by atoms with E-state index in [9.17, 15) is 0 Å². The van der Waals surface area contributed by atoms with E-state index in [-0.39, 0.29) is 6.10 Å². The molecule has 0 aliphatic rings. The molecule has 0 saturated heterocycles. The third kappa shape index (κ3) is 41.5. The van der Waals surface area contributed by atoms with Crippen LogP contribution in [0.3, 0.4) is 0 Å². The smallest absolute Gasteiger partial charge is 0.0703 e. The van der Waals surface area contributed by atoms with Crippen LogP contribution in [-0.4, -0.2) is 171 Å². The van der Waals surface area contributed by atoms with Gasteiger partial charge in [-0.25, -0.2) is 0 Å². The Balaban J connectivity index is 3.03. The number of hydrogen-bond acceptors (Lipinski definition) is 13. The van der Waals surface area contributed by atoms with Gasteiger partial charge in [-0.1, -0.05) is 13.3 Å². The third-order valence-corrected chi connectivity index (χ3v) is 5.41. The van der Waals surface area contributed by atoms with Crippen molar-refractivity contribution in [2.75, 3.05) is 165 Å². The predicted molar refractivity (Wildman–Crippen MR) is 166 cm³/mol. The molecule has 0 aromatic heterocycles. The first-order valence-corrected chi connectivity index (χ1v) is 16.3. The van der Waals surface area contributed by atoms with Crippen molar-refractivity contribution in [3.05, 3.63) is 0 Å². The Bertz CT molecular complexity index is 503. The summed E-state index contributed by atoms with van der Waals surface area (Å²) in [7, 11) is 0. The molecule has 0 aliphatic heterocycles. The zero-order valence-electron chi connectivity index (χ0n) is 28.0. The lowest BCUT2D eigenvalue weighted by Crippen LogP contribution is -2.15. The molecule has 0 unspecified atom stereocenters. The zero-order chi connectivity index (χ0) is 31.9. The second-order valence-electron chi connectivity index (χ2n) is 9.62. The average molecular weight is 645 g/mol. The van der Waals surface area contributed by atoms with Gasteiger partial charge in [-0.05, 0) is 20.3 Å². The molecule has 0 heterocycles. The topological polar surface area (TPSA) is 120 Å². The Labute approximate surface area is 266 Å². The summed E-state index contributed by atoms with van der Waals surface area (Å²) in [6, 6.07) is 0. The maximum absolute atomic E-state index is 5.48. The molecular formula is C31H64O13. The van der Waals surface area contributed by atoms with Gasteiger partial charge < -0.3 is 61.6 Å². The fourth-order valence-corrected chi connectivity index (χ4v) is 3.11. The van der Waals surface area contributed by atoms with Crippen LogP contribution >= 0.6 is 0 Å². The molecule has 0 aromatic carbocycles. The molecule has 266 valence electrons. The molecule has 0 atom stereocenters. The standard InChI is InChI=1S/C31H64O13/c1-4-5-6-32-7-8-33-9-10-34-11-12-35-13-14-36-15-16-37-17-18-38-19-20-39-21-22-40-23-24-41-25-26-42-27-28-43-29-30-44-31(2)3/h31H,4-30H2,1-3H3. The largest absolute Gasteiger partial charge is 0.379 e. The van der Waals surface area contributed by atoms with E-state index in [2.05, 4.69) is 6.92 Å². The van der Waals surface area contributed by atoms with Gasteiger partial charge in [0, 0.05) is 6.61 Å². The fraction of sp³-hybridized carbons (Fsp3) is 1.00. The first-order valence-electron chi connectivity index (χ1n) is 16.3. The quantitative estimate of drug-likeness (QED) is 0.0910. The molecule has 13 nitrogen and oxygen atoms in total. The van der Waals surface area contributed by atoms with Crippen molar-refractivity contribution in [2.24, 2.45) is 0 Å². The summed E-state index contributed by atoms with van der Waals surface area (Å²) >= 11 is 0. The normalized spacial score (nSPS) is 11.7. The molecule has 0 N–H and O–H groups in total. The third-order valence-electron chi connectivity index (χ3n) is 5.41. The van der Waals surface area contributed by atoms with Crippen LogP contribution in [-0.2, 0) is 61.6 Å². The predicted octanol–water partition coefficient (Wildman–Crippen LogP) is 2.41. The Morgan fingerprint density at radius 2 is 0.455 bits per heavy atom. The molecule has 0 amide bonds. The van der Waals surface area contributed by atoms with Crippen LogP contribution in [0.5, 0.6) is 0 Å². The van der Waals surface area contributed by atoms with Gasteiger partial charge in [0.05, 0.1) is 165 Å². The monoisotopic (exact) mass is 644 g/mol. The summed E-state index contributed by atoms with van der Waals surface area (Å²) < 4.78 is 70.9. The molecule has 0 fully saturated rings. The van der Waals surface area contributed by atoms with Crippen molar-refractivity contribution in [3.8, 4) is 0 Å². The molecule has 0 aromatic rings. The maximum atomic E-state index is 5.48. The zero-order valence-corrected chi connectivity index (χ0v) is 28.0. The SMILES string of the molecule is CCCCOCCOCCOCCOCCOCCOCCOCCOCCOCCOCCOCCOCCOC(C)C. The van der Waals surface area contributed by atoms with Gasteiger partial charge in [0.2, 0.25) is 0 Å². The van der Waals surface area contributed by atoms with Gasteiger partial charge in [0.15, 0.2) is 0 Å². The van der Waals surface area contributed by atoms with Crippen LogP contribution in [0.4, 0.5) is 0 Å².